The van der Waals surface area contributed by atoms with Crippen molar-refractivity contribution in [3.8, 4) is 5.75 Å². The topological polar surface area (TPSA) is 53.9 Å². The first kappa shape index (κ1) is 23.1. The van der Waals surface area contributed by atoms with Gasteiger partial charge in [-0.25, -0.2) is 5.43 Å². The molecule has 5 rings (SSSR count). The maximum absolute atomic E-state index is 12.6. The van der Waals surface area contributed by atoms with Gasteiger partial charge in [-0.05, 0) is 71.6 Å². The molecule has 0 spiro atoms. The summed E-state index contributed by atoms with van der Waals surface area (Å²) in [5, 5.41) is 6.54. The van der Waals surface area contributed by atoms with Crippen LogP contribution in [0.4, 0.5) is 5.69 Å². The molecule has 1 aliphatic heterocycles. The number of ether oxygens (including phenoxy) is 1. The van der Waals surface area contributed by atoms with Gasteiger partial charge in [0.1, 0.15) is 12.4 Å². The summed E-state index contributed by atoms with van der Waals surface area (Å²) in [6, 6.07) is 27.9. The Morgan fingerprint density at radius 2 is 1.74 bits per heavy atom. The average Bonchev–Trinajstić information content (AvgIpc) is 3.43. The number of nitrogens with one attached hydrogen (secondary N) is 1. The number of hydrogen-bond donors (Lipinski definition) is 1. The second kappa shape index (κ2) is 10.7. The van der Waals surface area contributed by atoms with E-state index < -0.39 is 0 Å². The molecule has 1 amide bonds. The van der Waals surface area contributed by atoms with Crippen LogP contribution in [0.15, 0.2) is 94.5 Å². The molecule has 4 aromatic rings. The minimum atomic E-state index is -0.248. The van der Waals surface area contributed by atoms with Crippen LogP contribution >= 0.6 is 15.9 Å². The van der Waals surface area contributed by atoms with Crippen molar-refractivity contribution in [1.29, 1.82) is 0 Å². The third-order valence-corrected chi connectivity index (χ3v) is 6.70. The number of carbonyl (C=O) groups is 1. The van der Waals surface area contributed by atoms with Crippen LogP contribution in [0.3, 0.4) is 0 Å². The molecule has 5 nitrogen and oxygen atoms in total. The maximum atomic E-state index is 12.6. The molecule has 1 fully saturated rings. The van der Waals surface area contributed by atoms with Crippen molar-refractivity contribution in [2.24, 2.45) is 5.10 Å². The summed E-state index contributed by atoms with van der Waals surface area (Å²) in [6.45, 7) is 2.58. The highest BCUT2D eigenvalue weighted by Gasteiger charge is 2.13. The fraction of sp³-hybridized carbons (Fsp3) is 0.172. The Labute approximate surface area is 213 Å². The van der Waals surface area contributed by atoms with Gasteiger partial charge in [0.25, 0.3) is 5.91 Å². The highest BCUT2D eigenvalue weighted by Crippen LogP contribution is 2.25. The standard InChI is InChI=1S/C29H26BrN3O2/c30-25-12-15-28(35-20-23-8-5-7-21-6-1-2-9-27(21)23)24(18-25)19-31-32-29(34)22-10-13-26(14-11-22)33-16-3-4-17-33/h1-2,5-15,18-19H,3-4,16-17,20H2,(H,32,34)/b31-19-. The Morgan fingerprint density at radius 1 is 0.971 bits per heavy atom. The van der Waals surface area contributed by atoms with Crippen molar-refractivity contribution in [1.82, 2.24) is 5.43 Å². The highest BCUT2D eigenvalue weighted by molar-refractivity contribution is 9.10. The summed E-state index contributed by atoms with van der Waals surface area (Å²) in [5.41, 5.74) is 6.24. The van der Waals surface area contributed by atoms with Crippen LogP contribution in [0.25, 0.3) is 10.8 Å². The number of amides is 1. The van der Waals surface area contributed by atoms with Crippen LogP contribution in [-0.4, -0.2) is 25.2 Å². The molecular formula is C29H26BrN3O2. The molecule has 0 aliphatic carbocycles. The first-order valence-corrected chi connectivity index (χ1v) is 12.5. The van der Waals surface area contributed by atoms with Gasteiger partial charge in [-0.1, -0.05) is 58.4 Å². The summed E-state index contributed by atoms with van der Waals surface area (Å²) >= 11 is 3.51. The van der Waals surface area contributed by atoms with E-state index in [9.17, 15) is 4.79 Å². The maximum Gasteiger partial charge on any atom is 0.271 e. The average molecular weight is 528 g/mol. The lowest BCUT2D eigenvalue weighted by atomic mass is 10.1. The van der Waals surface area contributed by atoms with Gasteiger partial charge in [0, 0.05) is 34.4 Å². The van der Waals surface area contributed by atoms with Crippen LogP contribution < -0.4 is 15.1 Å². The van der Waals surface area contributed by atoms with Gasteiger partial charge in [0.05, 0.1) is 6.21 Å². The minimum Gasteiger partial charge on any atom is -0.488 e. The van der Waals surface area contributed by atoms with E-state index in [-0.39, 0.29) is 5.91 Å². The van der Waals surface area contributed by atoms with E-state index in [0.29, 0.717) is 17.9 Å². The molecule has 35 heavy (non-hydrogen) atoms. The monoisotopic (exact) mass is 527 g/mol. The molecule has 1 N–H and O–H groups in total. The lowest BCUT2D eigenvalue weighted by molar-refractivity contribution is 0.0955. The Bertz CT molecular complexity index is 1360. The summed E-state index contributed by atoms with van der Waals surface area (Å²) in [6.07, 6.45) is 4.06. The van der Waals surface area contributed by atoms with Crippen LogP contribution in [0, 0.1) is 0 Å². The number of rotatable bonds is 7. The Hall–Kier alpha value is -3.64. The zero-order valence-electron chi connectivity index (χ0n) is 19.3. The second-order valence-corrected chi connectivity index (χ2v) is 9.46. The Balaban J connectivity index is 1.25. The van der Waals surface area contributed by atoms with E-state index in [0.717, 1.165) is 34.4 Å². The molecule has 1 heterocycles. The molecule has 6 heteroatoms. The number of halogens is 1. The summed E-state index contributed by atoms with van der Waals surface area (Å²) in [5.74, 6) is 0.441. The van der Waals surface area contributed by atoms with Crippen LogP contribution in [-0.2, 0) is 6.61 Å². The second-order valence-electron chi connectivity index (χ2n) is 8.55. The smallest absolute Gasteiger partial charge is 0.271 e. The molecule has 4 aromatic carbocycles. The van der Waals surface area contributed by atoms with Gasteiger partial charge in [-0.2, -0.15) is 5.10 Å². The molecule has 0 aromatic heterocycles. The molecule has 176 valence electrons. The molecule has 1 aliphatic rings. The predicted octanol–water partition coefficient (Wildman–Crippen LogP) is 6.55. The first-order valence-electron chi connectivity index (χ1n) is 11.7. The largest absolute Gasteiger partial charge is 0.488 e. The van der Waals surface area contributed by atoms with E-state index >= 15 is 0 Å². The number of hydrazone groups is 1. The number of benzene rings is 4. The third-order valence-electron chi connectivity index (χ3n) is 6.21. The lowest BCUT2D eigenvalue weighted by Gasteiger charge is -2.17. The first-order chi connectivity index (χ1) is 17.2. The van der Waals surface area contributed by atoms with E-state index in [2.05, 4.69) is 55.6 Å². The minimum absolute atomic E-state index is 0.248. The predicted molar refractivity (Wildman–Crippen MR) is 145 cm³/mol. The molecule has 0 atom stereocenters. The molecular weight excluding hydrogens is 502 g/mol. The van der Waals surface area contributed by atoms with E-state index in [1.165, 1.54) is 23.6 Å². The number of fused-ring (bicyclic) bond motifs is 1. The van der Waals surface area contributed by atoms with Gasteiger partial charge >= 0.3 is 0 Å². The number of hydrogen-bond acceptors (Lipinski definition) is 4. The van der Waals surface area contributed by atoms with Crippen LogP contribution in [0.1, 0.15) is 34.3 Å². The van der Waals surface area contributed by atoms with E-state index in [1.807, 2.05) is 60.7 Å². The lowest BCUT2D eigenvalue weighted by Crippen LogP contribution is -2.19. The van der Waals surface area contributed by atoms with E-state index in [4.69, 9.17) is 4.74 Å². The fourth-order valence-electron chi connectivity index (χ4n) is 4.35. The normalized spacial score (nSPS) is 13.5. The van der Waals surface area contributed by atoms with Crippen molar-refractivity contribution in [3.63, 3.8) is 0 Å². The summed E-state index contributed by atoms with van der Waals surface area (Å²) in [4.78, 5) is 14.9. The third kappa shape index (κ3) is 5.54. The summed E-state index contributed by atoms with van der Waals surface area (Å²) in [7, 11) is 0. The molecule has 1 saturated heterocycles. The zero-order chi connectivity index (χ0) is 24.0. The van der Waals surface area contributed by atoms with Gasteiger partial charge in [-0.3, -0.25) is 4.79 Å². The van der Waals surface area contributed by atoms with Crippen molar-refractivity contribution in [2.75, 3.05) is 18.0 Å². The number of nitrogens with zero attached hydrogens (tertiary/aromatic N) is 2. The van der Waals surface area contributed by atoms with E-state index in [1.54, 1.807) is 6.21 Å². The summed E-state index contributed by atoms with van der Waals surface area (Å²) < 4.78 is 7.06. The van der Waals surface area contributed by atoms with Gasteiger partial charge in [0.15, 0.2) is 0 Å². The number of anilines is 1. The quantitative estimate of drug-likeness (QED) is 0.219. The van der Waals surface area contributed by atoms with Crippen molar-refractivity contribution < 1.29 is 9.53 Å². The van der Waals surface area contributed by atoms with Gasteiger partial charge < -0.3 is 9.64 Å². The molecule has 0 unspecified atom stereocenters. The van der Waals surface area contributed by atoms with Crippen molar-refractivity contribution in [2.45, 2.75) is 19.4 Å². The fourth-order valence-corrected chi connectivity index (χ4v) is 4.73. The zero-order valence-corrected chi connectivity index (χ0v) is 20.9. The van der Waals surface area contributed by atoms with Crippen molar-refractivity contribution in [3.05, 3.63) is 106 Å². The van der Waals surface area contributed by atoms with Crippen LogP contribution in [0.5, 0.6) is 5.75 Å². The van der Waals surface area contributed by atoms with Crippen LogP contribution in [0.2, 0.25) is 0 Å². The molecule has 0 radical (unpaired) electrons. The molecule has 0 bridgehead atoms. The van der Waals surface area contributed by atoms with Crippen molar-refractivity contribution >= 4 is 44.5 Å². The molecule has 0 saturated carbocycles. The number of carbonyl (C=O) groups excluding carboxylic acids is 1. The van der Waals surface area contributed by atoms with Gasteiger partial charge in [-0.15, -0.1) is 0 Å². The Kier molecular flexibility index (Phi) is 7.09. The Morgan fingerprint density at radius 3 is 2.57 bits per heavy atom. The SMILES string of the molecule is O=C(N/N=C\c1cc(Br)ccc1OCc1cccc2ccccc12)c1ccc(N2CCCC2)cc1. The highest BCUT2D eigenvalue weighted by atomic mass is 79.9. The van der Waals surface area contributed by atoms with Gasteiger partial charge in [0.2, 0.25) is 0 Å².